The minimum Gasteiger partial charge on any atom is -0.493 e. The van der Waals surface area contributed by atoms with Crippen molar-refractivity contribution in [1.29, 1.82) is 0 Å². The molecule has 0 bridgehead atoms. The van der Waals surface area contributed by atoms with Gasteiger partial charge in [-0.3, -0.25) is 9.36 Å². The fourth-order valence-electron chi connectivity index (χ4n) is 4.27. The van der Waals surface area contributed by atoms with Crippen molar-refractivity contribution in [2.45, 2.75) is 33.7 Å². The van der Waals surface area contributed by atoms with Crippen LogP contribution in [0.25, 0.3) is 6.08 Å². The van der Waals surface area contributed by atoms with Gasteiger partial charge in [0.15, 0.2) is 16.3 Å². The Hall–Kier alpha value is -3.56. The van der Waals surface area contributed by atoms with Crippen LogP contribution in [0.2, 0.25) is 5.02 Å². The number of hydrogen-bond acceptors (Lipinski definition) is 8. The second kappa shape index (κ2) is 11.9. The van der Waals surface area contributed by atoms with Crippen molar-refractivity contribution in [2.75, 3.05) is 26.9 Å². The molecule has 3 aromatic rings. The van der Waals surface area contributed by atoms with Gasteiger partial charge in [0, 0.05) is 0 Å². The summed E-state index contributed by atoms with van der Waals surface area (Å²) in [5, 5.41) is 0.452. The third-order valence-corrected chi connectivity index (χ3v) is 7.15. The van der Waals surface area contributed by atoms with E-state index in [0.29, 0.717) is 61.7 Å². The van der Waals surface area contributed by atoms with Crippen molar-refractivity contribution in [2.24, 2.45) is 4.99 Å². The summed E-state index contributed by atoms with van der Waals surface area (Å²) in [7, 11) is 1.56. The van der Waals surface area contributed by atoms with Gasteiger partial charge in [-0.05, 0) is 69.2 Å². The lowest BCUT2D eigenvalue weighted by molar-refractivity contribution is -0.139. The summed E-state index contributed by atoms with van der Waals surface area (Å²) in [4.78, 5) is 32.0. The van der Waals surface area contributed by atoms with E-state index in [4.69, 9.17) is 30.5 Å². The molecule has 0 saturated heterocycles. The SMILES string of the molecule is CCOC(=O)C1=C(C)N=c2s/c(=C/c3ccc(OCC)c(Cl)c3)c(=O)n2[C@H]1c1ccc(OC)c(OCC)c1. The highest BCUT2D eigenvalue weighted by molar-refractivity contribution is 7.07. The minimum absolute atomic E-state index is 0.193. The van der Waals surface area contributed by atoms with E-state index >= 15 is 0 Å². The highest BCUT2D eigenvalue weighted by Crippen LogP contribution is 2.36. The van der Waals surface area contributed by atoms with E-state index < -0.39 is 12.0 Å². The Balaban J connectivity index is 1.92. The fraction of sp³-hybridized carbons (Fsp3) is 0.321. The summed E-state index contributed by atoms with van der Waals surface area (Å²) in [5.74, 6) is 1.11. The minimum atomic E-state index is -0.763. The smallest absolute Gasteiger partial charge is 0.338 e. The van der Waals surface area contributed by atoms with Gasteiger partial charge in [-0.25, -0.2) is 9.79 Å². The molecular weight excluding hydrogens is 528 g/mol. The molecule has 0 unspecified atom stereocenters. The number of benzene rings is 2. The molecule has 4 rings (SSSR count). The molecule has 8 nitrogen and oxygen atoms in total. The molecule has 0 aliphatic carbocycles. The number of allylic oxidation sites excluding steroid dienone is 1. The van der Waals surface area contributed by atoms with Crippen LogP contribution in [-0.2, 0) is 9.53 Å². The first-order valence-electron chi connectivity index (χ1n) is 12.3. The van der Waals surface area contributed by atoms with Crippen molar-refractivity contribution in [3.05, 3.63) is 83.5 Å². The summed E-state index contributed by atoms with van der Waals surface area (Å²) in [6, 6.07) is 9.95. The van der Waals surface area contributed by atoms with Gasteiger partial charge >= 0.3 is 5.97 Å². The zero-order valence-electron chi connectivity index (χ0n) is 21.9. The molecule has 2 heterocycles. The molecule has 0 fully saturated rings. The van der Waals surface area contributed by atoms with E-state index in [2.05, 4.69) is 4.99 Å². The molecule has 1 atom stereocenters. The molecule has 0 radical (unpaired) electrons. The predicted octanol–water partition coefficient (Wildman–Crippen LogP) is 4.26. The number of thiazole rings is 1. The summed E-state index contributed by atoms with van der Waals surface area (Å²) < 4.78 is 24.1. The van der Waals surface area contributed by atoms with Crippen LogP contribution >= 0.6 is 22.9 Å². The summed E-state index contributed by atoms with van der Waals surface area (Å²) in [6.07, 6.45) is 1.76. The molecule has 0 saturated carbocycles. The van der Waals surface area contributed by atoms with E-state index in [1.807, 2.05) is 26.0 Å². The monoisotopic (exact) mass is 556 g/mol. The number of ether oxygens (including phenoxy) is 4. The van der Waals surface area contributed by atoms with E-state index in [0.717, 1.165) is 5.56 Å². The largest absolute Gasteiger partial charge is 0.493 e. The van der Waals surface area contributed by atoms with E-state index in [1.165, 1.54) is 15.9 Å². The Bertz CT molecular complexity index is 1570. The van der Waals surface area contributed by atoms with Gasteiger partial charge in [-0.2, -0.15) is 0 Å². The molecule has 1 aliphatic heterocycles. The maximum atomic E-state index is 13.8. The average Bonchev–Trinajstić information content (AvgIpc) is 3.19. The van der Waals surface area contributed by atoms with Crippen molar-refractivity contribution < 1.29 is 23.7 Å². The first kappa shape index (κ1) is 27.5. The summed E-state index contributed by atoms with van der Waals surface area (Å²) in [6.45, 7) is 8.35. The van der Waals surface area contributed by atoms with Crippen LogP contribution < -0.4 is 29.1 Å². The van der Waals surface area contributed by atoms with Gasteiger partial charge in [0.1, 0.15) is 5.75 Å². The van der Waals surface area contributed by atoms with Crippen molar-refractivity contribution in [1.82, 2.24) is 4.57 Å². The van der Waals surface area contributed by atoms with Gasteiger partial charge in [0.25, 0.3) is 5.56 Å². The number of rotatable bonds is 9. The van der Waals surface area contributed by atoms with Crippen molar-refractivity contribution >= 4 is 35.0 Å². The third kappa shape index (κ3) is 5.35. The number of aromatic nitrogens is 1. The van der Waals surface area contributed by atoms with E-state index in [1.54, 1.807) is 51.3 Å². The van der Waals surface area contributed by atoms with Gasteiger partial charge in [0.2, 0.25) is 0 Å². The Morgan fingerprint density at radius 2 is 1.76 bits per heavy atom. The fourth-order valence-corrected chi connectivity index (χ4v) is 5.56. The van der Waals surface area contributed by atoms with Crippen LogP contribution in [0.5, 0.6) is 17.2 Å². The average molecular weight is 557 g/mol. The van der Waals surface area contributed by atoms with Crippen molar-refractivity contribution in [3.8, 4) is 17.2 Å². The Morgan fingerprint density at radius 3 is 2.42 bits per heavy atom. The molecule has 200 valence electrons. The summed E-state index contributed by atoms with van der Waals surface area (Å²) >= 11 is 7.60. The number of nitrogens with zero attached hydrogens (tertiary/aromatic N) is 2. The molecule has 2 aromatic carbocycles. The van der Waals surface area contributed by atoms with E-state index in [-0.39, 0.29) is 12.2 Å². The van der Waals surface area contributed by atoms with E-state index in [9.17, 15) is 9.59 Å². The van der Waals surface area contributed by atoms with Crippen LogP contribution in [0, 0.1) is 0 Å². The lowest BCUT2D eigenvalue weighted by Gasteiger charge is -2.25. The molecule has 0 N–H and O–H groups in total. The van der Waals surface area contributed by atoms with Gasteiger partial charge in [0.05, 0.1) is 53.8 Å². The van der Waals surface area contributed by atoms with Gasteiger partial charge in [-0.1, -0.05) is 35.1 Å². The summed E-state index contributed by atoms with van der Waals surface area (Å²) in [5.41, 5.74) is 1.90. The number of hydrogen-bond donors (Lipinski definition) is 0. The lowest BCUT2D eigenvalue weighted by atomic mass is 9.95. The molecule has 0 spiro atoms. The van der Waals surface area contributed by atoms with Crippen LogP contribution in [0.3, 0.4) is 0 Å². The zero-order valence-corrected chi connectivity index (χ0v) is 23.4. The topological polar surface area (TPSA) is 88.4 Å². The molecule has 0 amide bonds. The molecule has 1 aromatic heterocycles. The second-order valence-corrected chi connectivity index (χ2v) is 9.68. The molecular formula is C28H29ClN2O6S. The maximum absolute atomic E-state index is 13.8. The molecule has 1 aliphatic rings. The van der Waals surface area contributed by atoms with Crippen molar-refractivity contribution in [3.63, 3.8) is 0 Å². The second-order valence-electron chi connectivity index (χ2n) is 8.27. The first-order valence-corrected chi connectivity index (χ1v) is 13.4. The number of carbonyl (C=O) groups is 1. The normalized spacial score (nSPS) is 15.1. The number of carbonyl (C=O) groups excluding carboxylic acids is 1. The number of methoxy groups -OCH3 is 1. The first-order chi connectivity index (χ1) is 18.3. The zero-order chi connectivity index (χ0) is 27.4. The molecule has 10 heteroatoms. The Kier molecular flexibility index (Phi) is 8.58. The van der Waals surface area contributed by atoms with Crippen LogP contribution in [0.4, 0.5) is 0 Å². The number of fused-ring (bicyclic) bond motifs is 1. The maximum Gasteiger partial charge on any atom is 0.338 e. The quantitative estimate of drug-likeness (QED) is 0.366. The highest BCUT2D eigenvalue weighted by Gasteiger charge is 2.34. The highest BCUT2D eigenvalue weighted by atomic mass is 35.5. The third-order valence-electron chi connectivity index (χ3n) is 5.87. The molecule has 38 heavy (non-hydrogen) atoms. The number of esters is 1. The Morgan fingerprint density at radius 1 is 1.05 bits per heavy atom. The van der Waals surface area contributed by atoms with Crippen LogP contribution in [0.15, 0.2) is 57.5 Å². The number of halogens is 1. The Labute approximate surface area is 229 Å². The van der Waals surface area contributed by atoms with Crippen LogP contribution in [-0.4, -0.2) is 37.5 Å². The van der Waals surface area contributed by atoms with Gasteiger partial charge < -0.3 is 18.9 Å². The van der Waals surface area contributed by atoms with Crippen LogP contribution in [0.1, 0.15) is 44.9 Å². The predicted molar refractivity (Wildman–Crippen MR) is 147 cm³/mol. The van der Waals surface area contributed by atoms with Gasteiger partial charge in [-0.15, -0.1) is 0 Å². The lowest BCUT2D eigenvalue weighted by Crippen LogP contribution is -2.40. The standard InChI is InChI=1S/C28H29ClN2O6S/c1-6-35-20-11-9-17(13-19(20)29)14-23-26(32)31-25(18-10-12-21(34-5)22(15-18)36-7-2)24(27(33)37-8-3)16(4)30-28(31)38-23/h9-15,25H,6-8H2,1-5H3/b23-14+/t25-/m0/s1.